The van der Waals surface area contributed by atoms with Gasteiger partial charge >= 0.3 is 0 Å². The van der Waals surface area contributed by atoms with Crippen LogP contribution in [0.4, 0.5) is 11.4 Å². The topological polar surface area (TPSA) is 107 Å². The van der Waals surface area contributed by atoms with E-state index in [-0.39, 0.29) is 0 Å². The summed E-state index contributed by atoms with van der Waals surface area (Å²) in [6, 6.07) is 15.3. The van der Waals surface area contributed by atoms with E-state index >= 15 is 0 Å². The molecule has 26 heavy (non-hydrogen) atoms. The Bertz CT molecular complexity index is 890. The largest absolute Gasteiger partial charge is 0.280 e. The van der Waals surface area contributed by atoms with Gasteiger partial charge in [-0.05, 0) is 48.5 Å². The molecule has 2 aromatic carbocycles. The Morgan fingerprint density at radius 2 is 0.885 bits per heavy atom. The molecule has 0 saturated carbocycles. The Hall–Kier alpha value is -3.78. The van der Waals surface area contributed by atoms with Gasteiger partial charge in [-0.3, -0.25) is 5.01 Å². The SMILES string of the molecule is NN(c1ccc(-c2ncncn2)cc1)c1ccc(-c2ncncn2)cc1. The van der Waals surface area contributed by atoms with Gasteiger partial charge in [-0.2, -0.15) is 0 Å². The fraction of sp³-hybridized carbons (Fsp3) is 0. The van der Waals surface area contributed by atoms with Gasteiger partial charge in [0.1, 0.15) is 25.3 Å². The lowest BCUT2D eigenvalue weighted by atomic mass is 10.1. The van der Waals surface area contributed by atoms with Crippen LogP contribution in [0.25, 0.3) is 22.8 Å². The van der Waals surface area contributed by atoms with Gasteiger partial charge in [-0.15, -0.1) is 0 Å². The van der Waals surface area contributed by atoms with Crippen molar-refractivity contribution in [2.24, 2.45) is 5.84 Å². The molecule has 0 spiro atoms. The molecule has 2 N–H and O–H groups in total. The van der Waals surface area contributed by atoms with Crippen LogP contribution in [0.2, 0.25) is 0 Å². The van der Waals surface area contributed by atoms with Gasteiger partial charge in [0.2, 0.25) is 0 Å². The summed E-state index contributed by atoms with van der Waals surface area (Å²) in [5.41, 5.74) is 3.48. The van der Waals surface area contributed by atoms with Gasteiger partial charge in [0.15, 0.2) is 11.6 Å². The highest BCUT2D eigenvalue weighted by molar-refractivity contribution is 5.68. The van der Waals surface area contributed by atoms with Crippen LogP contribution in [0.1, 0.15) is 0 Å². The summed E-state index contributed by atoms with van der Waals surface area (Å²) in [6.45, 7) is 0. The molecule has 126 valence electrons. The maximum Gasteiger partial charge on any atom is 0.162 e. The summed E-state index contributed by atoms with van der Waals surface area (Å²) in [6.07, 6.45) is 5.89. The summed E-state index contributed by atoms with van der Waals surface area (Å²) in [4.78, 5) is 24.2. The summed E-state index contributed by atoms with van der Waals surface area (Å²) >= 11 is 0. The summed E-state index contributed by atoms with van der Waals surface area (Å²) in [5, 5.41) is 1.61. The van der Waals surface area contributed by atoms with E-state index in [1.54, 1.807) is 5.01 Å². The molecule has 0 bridgehead atoms. The normalized spacial score (nSPS) is 10.5. The van der Waals surface area contributed by atoms with Crippen molar-refractivity contribution in [3.63, 3.8) is 0 Å². The highest BCUT2D eigenvalue weighted by atomic mass is 15.4. The standard InChI is InChI=1S/C18H14N8/c19-26(15-5-1-13(2-6-15)17-22-9-20-10-23-17)16-7-3-14(4-8-16)18-24-11-21-12-25-18/h1-12H,19H2. The summed E-state index contributed by atoms with van der Waals surface area (Å²) in [5.74, 6) is 7.49. The van der Waals surface area contributed by atoms with Crippen molar-refractivity contribution >= 4 is 11.4 Å². The average Bonchev–Trinajstić information content (AvgIpc) is 2.75. The van der Waals surface area contributed by atoms with Crippen LogP contribution in [0.15, 0.2) is 73.8 Å². The molecule has 0 amide bonds. The predicted octanol–water partition coefficient (Wildman–Crippen LogP) is 2.40. The first kappa shape index (κ1) is 15.7. The van der Waals surface area contributed by atoms with Crippen molar-refractivity contribution in [1.29, 1.82) is 0 Å². The third-order valence-corrected chi connectivity index (χ3v) is 3.79. The third-order valence-electron chi connectivity index (χ3n) is 3.79. The minimum atomic E-state index is 0.622. The van der Waals surface area contributed by atoms with E-state index in [2.05, 4.69) is 29.9 Å². The van der Waals surface area contributed by atoms with Crippen LogP contribution in [0.5, 0.6) is 0 Å². The molecule has 0 radical (unpaired) electrons. The Labute approximate surface area is 149 Å². The van der Waals surface area contributed by atoms with Crippen LogP contribution >= 0.6 is 0 Å². The zero-order valence-corrected chi connectivity index (χ0v) is 13.6. The Kier molecular flexibility index (Phi) is 4.23. The molecular formula is C18H14N8. The number of hydrogen-bond acceptors (Lipinski definition) is 8. The number of aromatic nitrogens is 6. The van der Waals surface area contributed by atoms with Gasteiger partial charge in [0.05, 0.1) is 11.4 Å². The Morgan fingerprint density at radius 3 is 1.23 bits per heavy atom. The average molecular weight is 342 g/mol. The fourth-order valence-electron chi connectivity index (χ4n) is 2.47. The van der Waals surface area contributed by atoms with Crippen LogP contribution in [-0.4, -0.2) is 29.9 Å². The second-order valence-corrected chi connectivity index (χ2v) is 5.39. The molecule has 0 fully saturated rings. The molecular weight excluding hydrogens is 328 g/mol. The monoisotopic (exact) mass is 342 g/mol. The van der Waals surface area contributed by atoms with Gasteiger partial charge < -0.3 is 0 Å². The van der Waals surface area contributed by atoms with E-state index in [1.807, 2.05) is 48.5 Å². The van der Waals surface area contributed by atoms with Crippen molar-refractivity contribution in [2.75, 3.05) is 5.01 Å². The maximum absolute atomic E-state index is 6.24. The van der Waals surface area contributed by atoms with Gasteiger partial charge in [0, 0.05) is 11.1 Å². The number of nitrogens with two attached hydrogens (primary N) is 1. The van der Waals surface area contributed by atoms with Crippen LogP contribution in [0, 0.1) is 0 Å². The molecule has 4 aromatic rings. The van der Waals surface area contributed by atoms with Crippen LogP contribution in [-0.2, 0) is 0 Å². The smallest absolute Gasteiger partial charge is 0.162 e. The zero-order chi connectivity index (χ0) is 17.8. The summed E-state index contributed by atoms with van der Waals surface area (Å²) < 4.78 is 0. The van der Waals surface area contributed by atoms with E-state index in [0.29, 0.717) is 11.6 Å². The lowest BCUT2D eigenvalue weighted by Gasteiger charge is -2.19. The lowest BCUT2D eigenvalue weighted by Crippen LogP contribution is -2.24. The molecule has 8 nitrogen and oxygen atoms in total. The van der Waals surface area contributed by atoms with E-state index in [9.17, 15) is 0 Å². The fourth-order valence-corrected chi connectivity index (χ4v) is 2.47. The van der Waals surface area contributed by atoms with E-state index in [1.165, 1.54) is 25.3 Å². The molecule has 0 saturated heterocycles. The molecule has 0 atom stereocenters. The van der Waals surface area contributed by atoms with Gasteiger partial charge in [-0.25, -0.2) is 35.7 Å². The first-order valence-corrected chi connectivity index (χ1v) is 7.81. The van der Waals surface area contributed by atoms with Crippen LogP contribution < -0.4 is 10.9 Å². The molecule has 0 aliphatic rings. The number of hydrazine groups is 1. The first-order valence-electron chi connectivity index (χ1n) is 7.81. The van der Waals surface area contributed by atoms with Gasteiger partial charge in [-0.1, -0.05) is 0 Å². The van der Waals surface area contributed by atoms with Crippen molar-refractivity contribution in [1.82, 2.24) is 29.9 Å². The van der Waals surface area contributed by atoms with E-state index in [0.717, 1.165) is 22.5 Å². The molecule has 0 unspecified atom stereocenters. The van der Waals surface area contributed by atoms with Crippen molar-refractivity contribution in [3.05, 3.63) is 73.8 Å². The number of anilines is 2. The first-order chi connectivity index (χ1) is 12.8. The third kappa shape index (κ3) is 3.21. The quantitative estimate of drug-likeness (QED) is 0.445. The second-order valence-electron chi connectivity index (χ2n) is 5.39. The molecule has 2 aromatic heterocycles. The molecule has 0 aliphatic heterocycles. The van der Waals surface area contributed by atoms with E-state index < -0.39 is 0 Å². The lowest BCUT2D eigenvalue weighted by molar-refractivity contribution is 1.05. The molecule has 0 aliphatic carbocycles. The predicted molar refractivity (Wildman–Crippen MR) is 96.9 cm³/mol. The zero-order valence-electron chi connectivity index (χ0n) is 13.6. The van der Waals surface area contributed by atoms with Crippen molar-refractivity contribution in [2.45, 2.75) is 0 Å². The summed E-state index contributed by atoms with van der Waals surface area (Å²) in [7, 11) is 0. The highest BCUT2D eigenvalue weighted by Gasteiger charge is 2.07. The molecule has 8 heteroatoms. The number of nitrogens with zero attached hydrogens (tertiary/aromatic N) is 7. The second kappa shape index (κ2) is 6.99. The van der Waals surface area contributed by atoms with Crippen molar-refractivity contribution in [3.8, 4) is 22.8 Å². The minimum absolute atomic E-state index is 0.622. The van der Waals surface area contributed by atoms with E-state index in [4.69, 9.17) is 5.84 Å². The number of benzene rings is 2. The highest BCUT2D eigenvalue weighted by Crippen LogP contribution is 2.26. The number of hydrogen-bond donors (Lipinski definition) is 1. The minimum Gasteiger partial charge on any atom is -0.280 e. The molecule has 4 rings (SSSR count). The number of rotatable bonds is 4. The Morgan fingerprint density at radius 1 is 0.538 bits per heavy atom. The van der Waals surface area contributed by atoms with Crippen LogP contribution in [0.3, 0.4) is 0 Å². The Balaban J connectivity index is 1.55. The van der Waals surface area contributed by atoms with Crippen molar-refractivity contribution < 1.29 is 0 Å². The van der Waals surface area contributed by atoms with Gasteiger partial charge in [0.25, 0.3) is 0 Å². The maximum atomic E-state index is 6.24. The molecule has 2 heterocycles.